The fourth-order valence-electron chi connectivity index (χ4n) is 1.43. The molecule has 0 spiro atoms. The number of nitrogens with one attached hydrogen (secondary N) is 1. The molecule has 0 aliphatic heterocycles. The van der Waals surface area contributed by atoms with Crippen LogP contribution in [0.15, 0.2) is 36.5 Å². The number of benzene rings is 1. The van der Waals surface area contributed by atoms with Crippen molar-refractivity contribution < 1.29 is 5.11 Å². The second-order valence-corrected chi connectivity index (χ2v) is 2.87. The number of hydrogen-bond donors (Lipinski definition) is 2. The van der Waals surface area contributed by atoms with Crippen LogP contribution in [0.4, 0.5) is 0 Å². The molecule has 0 amide bonds. The van der Waals surface area contributed by atoms with Crippen LogP contribution in [-0.2, 0) is 0 Å². The van der Waals surface area contributed by atoms with Crippen LogP contribution in [-0.4, -0.2) is 16.7 Å². The summed E-state index contributed by atoms with van der Waals surface area (Å²) in [5, 5.41) is 9.84. The molecule has 2 N–H and O–H groups in total. The lowest BCUT2D eigenvalue weighted by Gasteiger charge is -1.95. The fourth-order valence-corrected chi connectivity index (χ4v) is 1.43. The van der Waals surface area contributed by atoms with Crippen LogP contribution >= 0.6 is 0 Å². The molecule has 1 heterocycles. The van der Waals surface area contributed by atoms with Gasteiger partial charge in [-0.2, -0.15) is 0 Å². The van der Waals surface area contributed by atoms with Gasteiger partial charge < -0.3 is 10.1 Å². The Hall–Kier alpha value is -1.54. The smallest absolute Gasteiger partial charge is 0.0615 e. The van der Waals surface area contributed by atoms with E-state index in [9.17, 15) is 0 Å². The lowest BCUT2D eigenvalue weighted by molar-refractivity contribution is 0.343. The highest BCUT2D eigenvalue weighted by atomic mass is 16.2. The van der Waals surface area contributed by atoms with E-state index in [1.165, 1.54) is 5.39 Å². The Balaban J connectivity index is 2.54. The van der Waals surface area contributed by atoms with Crippen LogP contribution in [0.25, 0.3) is 17.0 Å². The van der Waals surface area contributed by atoms with Gasteiger partial charge in [0.1, 0.15) is 0 Å². The van der Waals surface area contributed by atoms with Crippen LogP contribution in [0.3, 0.4) is 0 Å². The van der Waals surface area contributed by atoms with Gasteiger partial charge in [0.15, 0.2) is 0 Å². The lowest BCUT2D eigenvalue weighted by Crippen LogP contribution is -1.76. The zero-order valence-corrected chi connectivity index (χ0v) is 7.20. The van der Waals surface area contributed by atoms with E-state index < -0.39 is 0 Å². The van der Waals surface area contributed by atoms with Crippen LogP contribution in [0.5, 0.6) is 0 Å². The van der Waals surface area contributed by atoms with Crippen LogP contribution < -0.4 is 0 Å². The van der Waals surface area contributed by atoms with E-state index in [1.54, 1.807) is 6.08 Å². The van der Waals surface area contributed by atoms with Crippen molar-refractivity contribution in [1.82, 2.24) is 4.98 Å². The summed E-state index contributed by atoms with van der Waals surface area (Å²) in [5.41, 5.74) is 2.26. The van der Waals surface area contributed by atoms with Crippen molar-refractivity contribution in [1.29, 1.82) is 0 Å². The molecule has 13 heavy (non-hydrogen) atoms. The SMILES string of the molecule is OC/C=C/c1cccc2[nH]ccc12. The van der Waals surface area contributed by atoms with Crippen LogP contribution in [0.1, 0.15) is 5.56 Å². The predicted octanol–water partition coefficient (Wildman–Crippen LogP) is 2.17. The summed E-state index contributed by atoms with van der Waals surface area (Å²) < 4.78 is 0. The zero-order valence-electron chi connectivity index (χ0n) is 7.20. The predicted molar refractivity (Wildman–Crippen MR) is 54.4 cm³/mol. The van der Waals surface area contributed by atoms with Gasteiger partial charge in [0.05, 0.1) is 6.61 Å². The normalized spacial score (nSPS) is 11.5. The number of hydrogen-bond acceptors (Lipinski definition) is 1. The minimum absolute atomic E-state index is 0.0841. The van der Waals surface area contributed by atoms with E-state index in [-0.39, 0.29) is 6.61 Å². The Morgan fingerprint density at radius 2 is 2.23 bits per heavy atom. The Morgan fingerprint density at radius 3 is 3.08 bits per heavy atom. The molecule has 0 fully saturated rings. The van der Waals surface area contributed by atoms with Gasteiger partial charge in [-0.3, -0.25) is 0 Å². The monoisotopic (exact) mass is 173 g/mol. The van der Waals surface area contributed by atoms with Gasteiger partial charge >= 0.3 is 0 Å². The van der Waals surface area contributed by atoms with Crippen molar-refractivity contribution >= 4 is 17.0 Å². The average molecular weight is 173 g/mol. The summed E-state index contributed by atoms with van der Waals surface area (Å²) in [6.07, 6.45) is 5.58. The second-order valence-electron chi connectivity index (χ2n) is 2.87. The van der Waals surface area contributed by atoms with Gasteiger partial charge in [0.2, 0.25) is 0 Å². The van der Waals surface area contributed by atoms with Gasteiger partial charge in [-0.05, 0) is 17.7 Å². The van der Waals surface area contributed by atoms with E-state index in [4.69, 9.17) is 5.11 Å². The van der Waals surface area contributed by atoms with Crippen molar-refractivity contribution in [2.24, 2.45) is 0 Å². The van der Waals surface area contributed by atoms with Crippen molar-refractivity contribution in [3.05, 3.63) is 42.1 Å². The topological polar surface area (TPSA) is 36.0 Å². The molecule has 0 aliphatic carbocycles. The van der Waals surface area contributed by atoms with E-state index >= 15 is 0 Å². The number of aliphatic hydroxyl groups excluding tert-OH is 1. The Bertz CT molecular complexity index is 428. The van der Waals surface area contributed by atoms with Gasteiger partial charge in [0, 0.05) is 17.1 Å². The highest BCUT2D eigenvalue weighted by Gasteiger charge is 1.96. The third kappa shape index (κ3) is 1.48. The summed E-state index contributed by atoms with van der Waals surface area (Å²) in [6.45, 7) is 0.0841. The summed E-state index contributed by atoms with van der Waals surface area (Å²) >= 11 is 0. The molecule has 0 unspecified atom stereocenters. The second kappa shape index (κ2) is 3.46. The molecule has 2 aromatic rings. The summed E-state index contributed by atoms with van der Waals surface area (Å²) in [5.74, 6) is 0. The van der Waals surface area contributed by atoms with E-state index in [2.05, 4.69) is 4.98 Å². The molecule has 0 bridgehead atoms. The maximum Gasteiger partial charge on any atom is 0.0615 e. The largest absolute Gasteiger partial charge is 0.392 e. The average Bonchev–Trinajstić information content (AvgIpc) is 2.62. The highest BCUT2D eigenvalue weighted by Crippen LogP contribution is 2.18. The first kappa shape index (κ1) is 8.08. The summed E-state index contributed by atoms with van der Waals surface area (Å²) in [7, 11) is 0. The molecular formula is C11H11NO. The van der Waals surface area contributed by atoms with Crippen LogP contribution in [0, 0.1) is 0 Å². The molecule has 0 atom stereocenters. The maximum absolute atomic E-state index is 8.66. The molecule has 0 saturated carbocycles. The molecule has 2 nitrogen and oxygen atoms in total. The van der Waals surface area contributed by atoms with Crippen LogP contribution in [0.2, 0.25) is 0 Å². The number of aromatic nitrogens is 1. The standard InChI is InChI=1S/C11H11NO/c13-8-2-4-9-3-1-5-11-10(9)6-7-12-11/h1-7,12-13H,8H2/b4-2+. The molecule has 2 rings (SSSR count). The molecule has 0 aliphatic rings. The third-order valence-corrected chi connectivity index (χ3v) is 2.03. The minimum atomic E-state index is 0.0841. The Labute approximate surface area is 76.5 Å². The first-order chi connectivity index (χ1) is 6.42. The van der Waals surface area contributed by atoms with Crippen molar-refractivity contribution in [2.45, 2.75) is 0 Å². The van der Waals surface area contributed by atoms with Crippen molar-refractivity contribution in [3.63, 3.8) is 0 Å². The number of rotatable bonds is 2. The summed E-state index contributed by atoms with van der Waals surface area (Å²) in [6, 6.07) is 8.09. The van der Waals surface area contributed by atoms with Gasteiger partial charge in [-0.15, -0.1) is 0 Å². The highest BCUT2D eigenvalue weighted by molar-refractivity contribution is 5.88. The van der Waals surface area contributed by atoms with Gasteiger partial charge in [-0.1, -0.05) is 24.3 Å². The fraction of sp³-hybridized carbons (Fsp3) is 0.0909. The number of fused-ring (bicyclic) bond motifs is 1. The molecule has 66 valence electrons. The first-order valence-corrected chi connectivity index (χ1v) is 4.25. The minimum Gasteiger partial charge on any atom is -0.392 e. The molecular weight excluding hydrogens is 162 g/mol. The zero-order chi connectivity index (χ0) is 9.10. The Kier molecular flexibility index (Phi) is 2.15. The molecule has 1 aromatic carbocycles. The lowest BCUT2D eigenvalue weighted by atomic mass is 10.1. The third-order valence-electron chi connectivity index (χ3n) is 2.03. The van der Waals surface area contributed by atoms with Gasteiger partial charge in [-0.25, -0.2) is 0 Å². The van der Waals surface area contributed by atoms with Crippen molar-refractivity contribution in [3.8, 4) is 0 Å². The van der Waals surface area contributed by atoms with Gasteiger partial charge in [0.25, 0.3) is 0 Å². The number of aliphatic hydroxyl groups is 1. The number of H-pyrrole nitrogens is 1. The van der Waals surface area contributed by atoms with Crippen molar-refractivity contribution in [2.75, 3.05) is 6.61 Å². The van der Waals surface area contributed by atoms with E-state index in [0.29, 0.717) is 0 Å². The number of aromatic amines is 1. The first-order valence-electron chi connectivity index (χ1n) is 4.25. The molecule has 0 radical (unpaired) electrons. The maximum atomic E-state index is 8.66. The molecule has 0 saturated heterocycles. The van der Waals surface area contributed by atoms with E-state index in [0.717, 1.165) is 11.1 Å². The molecule has 1 aromatic heterocycles. The quantitative estimate of drug-likeness (QED) is 0.717. The summed E-state index contributed by atoms with van der Waals surface area (Å²) in [4.78, 5) is 3.14. The van der Waals surface area contributed by atoms with E-state index in [1.807, 2.05) is 36.5 Å². The Morgan fingerprint density at radius 1 is 1.31 bits per heavy atom. The molecule has 2 heteroatoms.